The fourth-order valence-corrected chi connectivity index (χ4v) is 3.88. The number of nitrogens with zero attached hydrogens (tertiary/aromatic N) is 4. The van der Waals surface area contributed by atoms with E-state index in [1.807, 2.05) is 55.5 Å². The van der Waals surface area contributed by atoms with Gasteiger partial charge in [0.25, 0.3) is 0 Å². The van der Waals surface area contributed by atoms with Crippen molar-refractivity contribution < 1.29 is 4.42 Å². The van der Waals surface area contributed by atoms with E-state index in [4.69, 9.17) is 9.68 Å². The van der Waals surface area contributed by atoms with Gasteiger partial charge >= 0.3 is 0 Å². The molecule has 5 nitrogen and oxygen atoms in total. The molecular formula is C22H18N4OS. The number of hydrogen-bond donors (Lipinski definition) is 0. The zero-order valence-corrected chi connectivity index (χ0v) is 16.2. The van der Waals surface area contributed by atoms with Crippen molar-refractivity contribution in [1.29, 1.82) is 5.26 Å². The molecular weight excluding hydrogens is 368 g/mol. The highest BCUT2D eigenvalue weighted by molar-refractivity contribution is 7.98. The lowest BCUT2D eigenvalue weighted by molar-refractivity contribution is 0.534. The van der Waals surface area contributed by atoms with Crippen LogP contribution in [0.5, 0.6) is 0 Å². The number of nitriles is 1. The summed E-state index contributed by atoms with van der Waals surface area (Å²) in [6.07, 6.45) is 1.67. The third-order valence-corrected chi connectivity index (χ3v) is 5.46. The number of aromatic nitrogens is 3. The first-order valence-electron chi connectivity index (χ1n) is 8.88. The number of rotatable bonds is 6. The molecule has 0 radical (unpaired) electrons. The van der Waals surface area contributed by atoms with Crippen molar-refractivity contribution in [2.24, 2.45) is 0 Å². The second-order valence-electron chi connectivity index (χ2n) is 6.37. The summed E-state index contributed by atoms with van der Waals surface area (Å²) in [7, 11) is 0. The van der Waals surface area contributed by atoms with Gasteiger partial charge in [-0.2, -0.15) is 5.26 Å². The molecule has 0 saturated heterocycles. The van der Waals surface area contributed by atoms with Crippen LogP contribution in [0.2, 0.25) is 0 Å². The summed E-state index contributed by atoms with van der Waals surface area (Å²) >= 11 is 1.61. The smallest absolute Gasteiger partial charge is 0.192 e. The second kappa shape index (κ2) is 8.15. The van der Waals surface area contributed by atoms with Gasteiger partial charge in [-0.05, 0) is 36.2 Å². The highest BCUT2D eigenvalue weighted by Gasteiger charge is 2.18. The average Bonchev–Trinajstić information content (AvgIpc) is 3.33. The molecule has 0 aliphatic carbocycles. The van der Waals surface area contributed by atoms with Crippen molar-refractivity contribution >= 4 is 11.8 Å². The van der Waals surface area contributed by atoms with Crippen molar-refractivity contribution in [3.63, 3.8) is 0 Å². The molecule has 2 heterocycles. The van der Waals surface area contributed by atoms with Crippen LogP contribution in [0.4, 0.5) is 0 Å². The number of benzene rings is 2. The van der Waals surface area contributed by atoms with E-state index < -0.39 is 0 Å². The maximum absolute atomic E-state index is 9.10. The Kier molecular flexibility index (Phi) is 5.27. The van der Waals surface area contributed by atoms with Crippen LogP contribution in [0, 0.1) is 18.3 Å². The number of thioether (sulfide) groups is 1. The van der Waals surface area contributed by atoms with E-state index in [0.717, 1.165) is 27.9 Å². The molecule has 0 unspecified atom stereocenters. The third-order valence-electron chi connectivity index (χ3n) is 4.42. The minimum atomic E-state index is 0.665. The quantitative estimate of drug-likeness (QED) is 0.433. The van der Waals surface area contributed by atoms with Crippen molar-refractivity contribution in [2.45, 2.75) is 24.4 Å². The van der Waals surface area contributed by atoms with Gasteiger partial charge in [-0.3, -0.25) is 4.57 Å². The van der Waals surface area contributed by atoms with Gasteiger partial charge in [0.15, 0.2) is 11.0 Å². The number of aryl methyl sites for hydroxylation is 1. The van der Waals surface area contributed by atoms with Crippen LogP contribution in [0.25, 0.3) is 11.4 Å². The van der Waals surface area contributed by atoms with Crippen LogP contribution in [0.1, 0.15) is 22.5 Å². The summed E-state index contributed by atoms with van der Waals surface area (Å²) in [5.41, 5.74) is 3.87. The lowest BCUT2D eigenvalue weighted by Gasteiger charge is -2.10. The fraction of sp³-hybridized carbons (Fsp3) is 0.136. The first-order chi connectivity index (χ1) is 13.7. The zero-order chi connectivity index (χ0) is 19.3. The van der Waals surface area contributed by atoms with Crippen LogP contribution in [0.3, 0.4) is 0 Å². The Bertz CT molecular complexity index is 1120. The molecule has 0 saturated carbocycles. The first-order valence-corrected chi connectivity index (χ1v) is 9.86. The van der Waals surface area contributed by atoms with Crippen LogP contribution < -0.4 is 0 Å². The second-order valence-corrected chi connectivity index (χ2v) is 7.31. The monoisotopic (exact) mass is 386 g/mol. The van der Waals surface area contributed by atoms with Crippen molar-refractivity contribution in [1.82, 2.24) is 14.8 Å². The molecule has 0 spiro atoms. The molecule has 4 rings (SSSR count). The molecule has 0 bridgehead atoms. The van der Waals surface area contributed by atoms with Gasteiger partial charge < -0.3 is 4.42 Å². The molecule has 0 aliphatic rings. The molecule has 0 aliphatic heterocycles. The van der Waals surface area contributed by atoms with E-state index in [1.54, 1.807) is 18.0 Å². The van der Waals surface area contributed by atoms with Crippen molar-refractivity contribution in [3.05, 3.63) is 89.4 Å². The maximum atomic E-state index is 9.10. The van der Waals surface area contributed by atoms with E-state index in [9.17, 15) is 0 Å². The minimum Gasteiger partial charge on any atom is -0.469 e. The molecule has 4 aromatic rings. The number of hydrogen-bond acceptors (Lipinski definition) is 5. The Balaban J connectivity index is 1.65. The summed E-state index contributed by atoms with van der Waals surface area (Å²) in [6.45, 7) is 2.60. The number of furan rings is 1. The molecule has 0 N–H and O–H groups in total. The average molecular weight is 386 g/mol. The standard InChI is InChI=1S/C22H18N4OS/c1-16-20(10-11-27-16)21-24-25-22(26(21)14-17-6-3-2-4-7-17)28-15-19-9-5-8-18(12-19)13-23/h2-12H,14-15H2,1H3. The first kappa shape index (κ1) is 18.1. The van der Waals surface area contributed by atoms with E-state index in [2.05, 4.69) is 33.0 Å². The molecule has 6 heteroatoms. The Labute approximate surface area is 167 Å². The maximum Gasteiger partial charge on any atom is 0.192 e. The summed E-state index contributed by atoms with van der Waals surface area (Å²) in [4.78, 5) is 0. The van der Waals surface area contributed by atoms with E-state index in [0.29, 0.717) is 17.9 Å². The Morgan fingerprint density at radius 1 is 1.04 bits per heavy atom. The van der Waals surface area contributed by atoms with E-state index in [1.165, 1.54) is 5.56 Å². The predicted octanol–water partition coefficient (Wildman–Crippen LogP) is 5.06. The SMILES string of the molecule is Cc1occc1-c1nnc(SCc2cccc(C#N)c2)n1Cc1ccccc1. The highest BCUT2D eigenvalue weighted by atomic mass is 32.2. The van der Waals surface area contributed by atoms with Gasteiger partial charge in [-0.15, -0.1) is 10.2 Å². The van der Waals surface area contributed by atoms with Gasteiger partial charge in [-0.1, -0.05) is 54.2 Å². The predicted molar refractivity (Wildman–Crippen MR) is 109 cm³/mol. The normalized spacial score (nSPS) is 10.7. The summed E-state index contributed by atoms with van der Waals surface area (Å²) < 4.78 is 7.59. The molecule has 0 atom stereocenters. The zero-order valence-electron chi connectivity index (χ0n) is 15.4. The van der Waals surface area contributed by atoms with Crippen molar-refractivity contribution in [2.75, 3.05) is 0 Å². The highest BCUT2D eigenvalue weighted by Crippen LogP contribution is 2.29. The van der Waals surface area contributed by atoms with Crippen LogP contribution in [-0.4, -0.2) is 14.8 Å². The van der Waals surface area contributed by atoms with Crippen LogP contribution in [-0.2, 0) is 12.3 Å². The Morgan fingerprint density at radius 3 is 2.61 bits per heavy atom. The van der Waals surface area contributed by atoms with Crippen LogP contribution in [0.15, 0.2) is 76.5 Å². The van der Waals surface area contributed by atoms with E-state index in [-0.39, 0.29) is 0 Å². The summed E-state index contributed by atoms with van der Waals surface area (Å²) in [5.74, 6) is 2.33. The molecule has 0 amide bonds. The van der Waals surface area contributed by atoms with Gasteiger partial charge in [0.05, 0.1) is 30.0 Å². The fourth-order valence-electron chi connectivity index (χ4n) is 3.00. The summed E-state index contributed by atoms with van der Waals surface area (Å²) in [5, 5.41) is 18.8. The minimum absolute atomic E-state index is 0.665. The van der Waals surface area contributed by atoms with Gasteiger partial charge in [-0.25, -0.2) is 0 Å². The van der Waals surface area contributed by atoms with Gasteiger partial charge in [0.1, 0.15) is 5.76 Å². The summed E-state index contributed by atoms with van der Waals surface area (Å²) in [6, 6.07) is 22.0. The van der Waals surface area contributed by atoms with E-state index >= 15 is 0 Å². The molecule has 138 valence electrons. The largest absolute Gasteiger partial charge is 0.469 e. The molecule has 2 aromatic carbocycles. The molecule has 28 heavy (non-hydrogen) atoms. The van der Waals surface area contributed by atoms with Crippen LogP contribution >= 0.6 is 11.8 Å². The van der Waals surface area contributed by atoms with Gasteiger partial charge in [0, 0.05) is 5.75 Å². The Morgan fingerprint density at radius 2 is 1.86 bits per heavy atom. The van der Waals surface area contributed by atoms with Gasteiger partial charge in [0.2, 0.25) is 0 Å². The third kappa shape index (κ3) is 3.85. The molecule has 0 fully saturated rings. The Hall–Kier alpha value is -3.30. The molecule has 2 aromatic heterocycles. The van der Waals surface area contributed by atoms with Crippen molar-refractivity contribution in [3.8, 4) is 17.5 Å². The lowest BCUT2D eigenvalue weighted by Crippen LogP contribution is -2.04. The lowest BCUT2D eigenvalue weighted by atomic mass is 10.2. The topological polar surface area (TPSA) is 67.6 Å².